The molecule has 0 aliphatic heterocycles. The van der Waals surface area contributed by atoms with Crippen LogP contribution >= 0.6 is 0 Å². The van der Waals surface area contributed by atoms with Crippen LogP contribution in [0.15, 0.2) is 77.7 Å². The Hall–Kier alpha value is -2.59. The van der Waals surface area contributed by atoms with E-state index in [1.807, 2.05) is 60.7 Å². The molecule has 3 aromatic carbocycles. The number of sulfone groups is 1. The first-order valence-electron chi connectivity index (χ1n) is 9.16. The lowest BCUT2D eigenvalue weighted by molar-refractivity contribution is 0.413. The van der Waals surface area contributed by atoms with Crippen LogP contribution in [0, 0.1) is 0 Å². The topological polar surface area (TPSA) is 43.4 Å². The summed E-state index contributed by atoms with van der Waals surface area (Å²) in [5.41, 5.74) is 3.66. The molecule has 3 aromatic rings. The summed E-state index contributed by atoms with van der Waals surface area (Å²) in [5, 5.41) is -0.517. The van der Waals surface area contributed by atoms with Gasteiger partial charge < -0.3 is 4.74 Å². The molecule has 138 valence electrons. The third-order valence-corrected chi connectivity index (χ3v) is 7.47. The summed E-state index contributed by atoms with van der Waals surface area (Å²) in [6.07, 6.45) is 2.39. The average molecular weight is 378 g/mol. The summed E-state index contributed by atoms with van der Waals surface area (Å²) in [6.45, 7) is 0. The van der Waals surface area contributed by atoms with Gasteiger partial charge in [-0.3, -0.25) is 0 Å². The van der Waals surface area contributed by atoms with Crippen LogP contribution in [0.2, 0.25) is 0 Å². The molecule has 0 spiro atoms. The van der Waals surface area contributed by atoms with Crippen molar-refractivity contribution >= 4 is 9.84 Å². The smallest absolute Gasteiger partial charge is 0.185 e. The highest BCUT2D eigenvalue weighted by Crippen LogP contribution is 2.42. The van der Waals surface area contributed by atoms with E-state index in [1.54, 1.807) is 19.2 Å². The van der Waals surface area contributed by atoms with E-state index in [1.165, 1.54) is 0 Å². The maximum atomic E-state index is 13.7. The molecule has 1 unspecified atom stereocenters. The Morgan fingerprint density at radius 3 is 2.44 bits per heavy atom. The van der Waals surface area contributed by atoms with Gasteiger partial charge >= 0.3 is 0 Å². The molecule has 27 heavy (non-hydrogen) atoms. The van der Waals surface area contributed by atoms with Crippen LogP contribution in [-0.2, 0) is 16.3 Å². The van der Waals surface area contributed by atoms with Gasteiger partial charge in [0.2, 0.25) is 0 Å². The van der Waals surface area contributed by atoms with E-state index in [0.717, 1.165) is 40.8 Å². The van der Waals surface area contributed by atoms with E-state index in [-0.39, 0.29) is 0 Å². The normalized spacial score (nSPS) is 16.6. The predicted octanol–water partition coefficient (Wildman–Crippen LogP) is 5.21. The minimum absolute atomic E-state index is 0.407. The maximum absolute atomic E-state index is 13.7. The van der Waals surface area contributed by atoms with Gasteiger partial charge in [0.05, 0.1) is 17.3 Å². The summed E-state index contributed by atoms with van der Waals surface area (Å²) in [7, 11) is -1.88. The maximum Gasteiger partial charge on any atom is 0.185 e. The van der Waals surface area contributed by atoms with Gasteiger partial charge in [-0.05, 0) is 54.2 Å². The van der Waals surface area contributed by atoms with E-state index in [4.69, 9.17) is 4.74 Å². The largest absolute Gasteiger partial charge is 0.497 e. The second-order valence-corrected chi connectivity index (χ2v) is 8.95. The van der Waals surface area contributed by atoms with Crippen molar-refractivity contribution in [3.05, 3.63) is 83.9 Å². The van der Waals surface area contributed by atoms with E-state index >= 15 is 0 Å². The first-order valence-corrected chi connectivity index (χ1v) is 10.7. The molecule has 0 saturated carbocycles. The van der Waals surface area contributed by atoms with Gasteiger partial charge in [-0.2, -0.15) is 0 Å². The van der Waals surface area contributed by atoms with Crippen molar-refractivity contribution in [2.75, 3.05) is 7.11 Å². The fourth-order valence-electron chi connectivity index (χ4n) is 3.92. The van der Waals surface area contributed by atoms with E-state index < -0.39 is 15.1 Å². The fraction of sp³-hybridized carbons (Fsp3) is 0.217. The molecule has 0 heterocycles. The molecule has 0 fully saturated rings. The van der Waals surface area contributed by atoms with Crippen LogP contribution in [0.1, 0.15) is 29.2 Å². The van der Waals surface area contributed by atoms with Crippen LogP contribution in [0.3, 0.4) is 0 Å². The van der Waals surface area contributed by atoms with Crippen molar-refractivity contribution < 1.29 is 13.2 Å². The molecule has 0 N–H and O–H groups in total. The van der Waals surface area contributed by atoms with Gasteiger partial charge in [0.15, 0.2) is 9.84 Å². The first kappa shape index (κ1) is 17.8. The molecule has 1 aliphatic carbocycles. The number of rotatable bonds is 4. The molecule has 0 bridgehead atoms. The zero-order chi connectivity index (χ0) is 18.9. The van der Waals surface area contributed by atoms with Gasteiger partial charge in [-0.15, -0.1) is 0 Å². The third-order valence-electron chi connectivity index (χ3n) is 5.26. The molecular formula is C23H22O3S. The molecule has 4 heteroatoms. The number of methoxy groups -OCH3 is 1. The Labute approximate surface area is 160 Å². The number of benzene rings is 3. The van der Waals surface area contributed by atoms with Gasteiger partial charge in [-0.1, -0.05) is 54.6 Å². The zero-order valence-corrected chi connectivity index (χ0v) is 16.1. The van der Waals surface area contributed by atoms with Crippen molar-refractivity contribution in [3.63, 3.8) is 0 Å². The minimum atomic E-state index is -3.51. The number of hydrogen-bond acceptors (Lipinski definition) is 3. The molecular weight excluding hydrogens is 356 g/mol. The Morgan fingerprint density at radius 2 is 1.67 bits per heavy atom. The van der Waals surface area contributed by atoms with Gasteiger partial charge in [0, 0.05) is 5.56 Å². The molecule has 3 nitrogen and oxygen atoms in total. The van der Waals surface area contributed by atoms with Crippen LogP contribution in [-0.4, -0.2) is 15.5 Å². The van der Waals surface area contributed by atoms with Crippen LogP contribution in [0.4, 0.5) is 0 Å². The molecule has 1 atom stereocenters. The average Bonchev–Trinajstić information content (AvgIpc) is 2.73. The van der Waals surface area contributed by atoms with Gasteiger partial charge in [-0.25, -0.2) is 8.42 Å². The summed E-state index contributed by atoms with van der Waals surface area (Å²) in [5.74, 6) is 0.775. The second kappa shape index (κ2) is 7.20. The number of fused-ring (bicyclic) bond motifs is 1. The van der Waals surface area contributed by atoms with E-state index in [9.17, 15) is 8.42 Å². The highest BCUT2D eigenvalue weighted by Gasteiger charge is 2.34. The summed E-state index contributed by atoms with van der Waals surface area (Å²) >= 11 is 0. The fourth-order valence-corrected chi connectivity index (χ4v) is 6.03. The second-order valence-electron chi connectivity index (χ2n) is 6.85. The standard InChI is InChI=1S/C23H22O3S/c1-26-19-14-15-21-18(16-19)10-7-13-23(21)27(24,25)22-12-6-5-11-20(22)17-8-3-2-4-9-17/h2-6,8-9,11-12,14-16,23H,7,10,13H2,1H3. The molecule has 0 aromatic heterocycles. The van der Waals surface area contributed by atoms with E-state index in [2.05, 4.69) is 0 Å². The summed E-state index contributed by atoms with van der Waals surface area (Å²) in [6, 6.07) is 22.8. The monoisotopic (exact) mass is 378 g/mol. The van der Waals surface area contributed by atoms with E-state index in [0.29, 0.717) is 11.3 Å². The number of ether oxygens (including phenoxy) is 1. The summed E-state index contributed by atoms with van der Waals surface area (Å²) < 4.78 is 32.6. The molecule has 1 aliphatic rings. The first-order chi connectivity index (χ1) is 13.1. The lowest BCUT2D eigenvalue weighted by Gasteiger charge is -2.26. The quantitative estimate of drug-likeness (QED) is 0.626. The van der Waals surface area contributed by atoms with Crippen LogP contribution in [0.5, 0.6) is 5.75 Å². The molecule has 0 amide bonds. The molecule has 0 saturated heterocycles. The molecule has 0 radical (unpaired) electrons. The van der Waals surface area contributed by atoms with Crippen LogP contribution < -0.4 is 4.74 Å². The van der Waals surface area contributed by atoms with Crippen molar-refractivity contribution in [3.8, 4) is 16.9 Å². The lowest BCUT2D eigenvalue weighted by atomic mass is 9.91. The van der Waals surface area contributed by atoms with Crippen molar-refractivity contribution in [2.24, 2.45) is 0 Å². The highest BCUT2D eigenvalue weighted by molar-refractivity contribution is 7.91. The zero-order valence-electron chi connectivity index (χ0n) is 15.3. The Morgan fingerprint density at radius 1 is 0.926 bits per heavy atom. The van der Waals surface area contributed by atoms with Crippen molar-refractivity contribution in [1.82, 2.24) is 0 Å². The number of aryl methyl sites for hydroxylation is 1. The van der Waals surface area contributed by atoms with Crippen LogP contribution in [0.25, 0.3) is 11.1 Å². The predicted molar refractivity (Wildman–Crippen MR) is 108 cm³/mol. The Balaban J connectivity index is 1.83. The minimum Gasteiger partial charge on any atom is -0.497 e. The van der Waals surface area contributed by atoms with Crippen molar-refractivity contribution in [1.29, 1.82) is 0 Å². The summed E-state index contributed by atoms with van der Waals surface area (Å²) in [4.78, 5) is 0.407. The Bertz CT molecular complexity index is 1060. The molecule has 4 rings (SSSR count). The lowest BCUT2D eigenvalue weighted by Crippen LogP contribution is -2.20. The van der Waals surface area contributed by atoms with Gasteiger partial charge in [0.25, 0.3) is 0 Å². The SMILES string of the molecule is COc1ccc2c(c1)CCCC2S(=O)(=O)c1ccccc1-c1ccccc1. The van der Waals surface area contributed by atoms with Gasteiger partial charge in [0.1, 0.15) is 5.75 Å². The van der Waals surface area contributed by atoms with Crippen molar-refractivity contribution in [2.45, 2.75) is 29.4 Å². The number of hydrogen-bond donors (Lipinski definition) is 0. The third kappa shape index (κ3) is 3.26. The Kier molecular flexibility index (Phi) is 4.75. The highest BCUT2D eigenvalue weighted by atomic mass is 32.2.